The molecule has 0 bridgehead atoms. The summed E-state index contributed by atoms with van der Waals surface area (Å²) >= 11 is 0. The summed E-state index contributed by atoms with van der Waals surface area (Å²) in [6.45, 7) is 17.4. The van der Waals surface area contributed by atoms with E-state index in [2.05, 4.69) is 124 Å². The fraction of sp³-hybridized carbons (Fsp3) is 0.300. The summed E-state index contributed by atoms with van der Waals surface area (Å²) < 4.78 is 22.0. The summed E-state index contributed by atoms with van der Waals surface area (Å²) in [7, 11) is -10.7. The molecule has 208 valence electrons. The van der Waals surface area contributed by atoms with Crippen LogP contribution in [0.3, 0.4) is 0 Å². The van der Waals surface area contributed by atoms with Gasteiger partial charge in [0.25, 0.3) is 0 Å². The highest BCUT2D eigenvalue weighted by Gasteiger charge is 2.53. The average molecular weight is 594 g/mol. The predicted octanol–water partition coefficient (Wildman–Crippen LogP) is 5.00. The monoisotopic (exact) mass is 593 g/mol. The first-order chi connectivity index (χ1) is 18.4. The van der Waals surface area contributed by atoms with Crippen LogP contribution in [0.5, 0.6) is 0 Å². The Morgan fingerprint density at radius 2 is 1.00 bits per heavy atom. The van der Waals surface area contributed by atoms with E-state index in [-0.39, 0.29) is 5.91 Å². The molecule has 0 unspecified atom stereocenters. The smallest absolute Gasteiger partial charge is 0.412 e. The lowest BCUT2D eigenvalue weighted by Crippen LogP contribution is -2.67. The fourth-order valence-corrected chi connectivity index (χ4v) is 21.9. The van der Waals surface area contributed by atoms with Gasteiger partial charge in [-0.2, -0.15) is 0 Å². The van der Waals surface area contributed by atoms with Crippen LogP contribution in [-0.4, -0.2) is 46.2 Å². The van der Waals surface area contributed by atoms with Gasteiger partial charge in [-0.3, -0.25) is 4.79 Å². The average Bonchev–Trinajstić information content (AvgIpc) is 2.91. The van der Waals surface area contributed by atoms with E-state index in [1.54, 1.807) is 0 Å². The summed E-state index contributed by atoms with van der Waals surface area (Å²) in [6.07, 6.45) is 1.99. The third-order valence-corrected chi connectivity index (χ3v) is 22.8. The first-order valence-corrected chi connectivity index (χ1v) is 24.2. The van der Waals surface area contributed by atoms with Crippen molar-refractivity contribution in [3.8, 4) is 0 Å². The summed E-state index contributed by atoms with van der Waals surface area (Å²) in [6, 6.07) is 32.0. The van der Waals surface area contributed by atoms with Crippen molar-refractivity contribution in [2.24, 2.45) is 0 Å². The van der Waals surface area contributed by atoms with Gasteiger partial charge in [0.05, 0.1) is 0 Å². The zero-order valence-electron chi connectivity index (χ0n) is 24.2. The Hall–Kier alpha value is -2.38. The molecule has 0 aliphatic heterocycles. The molecule has 3 aromatic carbocycles. The van der Waals surface area contributed by atoms with E-state index in [1.807, 2.05) is 18.2 Å². The van der Waals surface area contributed by atoms with Crippen LogP contribution in [0.15, 0.2) is 104 Å². The van der Waals surface area contributed by atoms with Crippen molar-refractivity contribution in [2.45, 2.75) is 51.7 Å². The maximum absolute atomic E-state index is 11.9. The number of hydrogen-bond acceptors (Lipinski definition) is 4. The minimum Gasteiger partial charge on any atom is -0.412 e. The van der Waals surface area contributed by atoms with Crippen molar-refractivity contribution in [1.82, 2.24) is 5.32 Å². The zero-order valence-corrected chi connectivity index (χ0v) is 28.2. The van der Waals surface area contributed by atoms with Gasteiger partial charge in [-0.1, -0.05) is 97.6 Å². The van der Waals surface area contributed by atoms with E-state index >= 15 is 0 Å². The maximum Gasteiger partial charge on any atom is 0.470 e. The molecule has 0 atom stereocenters. The Kier molecular flexibility index (Phi) is 10.6. The van der Waals surface area contributed by atoms with Gasteiger partial charge in [0.15, 0.2) is 0 Å². The van der Waals surface area contributed by atoms with Crippen molar-refractivity contribution in [3.05, 3.63) is 104 Å². The van der Waals surface area contributed by atoms with E-state index in [4.69, 9.17) is 12.3 Å². The van der Waals surface area contributed by atoms with Gasteiger partial charge in [-0.15, -0.1) is 0 Å². The summed E-state index contributed by atoms with van der Waals surface area (Å²) in [5.74, 6) is -0.179. The molecule has 0 saturated heterocycles. The SMILES string of the molecule is C=CC(=O)NCCC[Si](O[Si](C)(C)c1ccccc1)(O[Si](C)(C)c1ccccc1)O[Si](C)(C)c1ccccc1. The minimum atomic E-state index is -3.32. The van der Waals surface area contributed by atoms with Gasteiger partial charge in [0.1, 0.15) is 0 Å². The molecule has 0 fully saturated rings. The molecule has 9 heteroatoms. The molecule has 0 aliphatic carbocycles. The lowest BCUT2D eigenvalue weighted by atomic mass is 10.4. The van der Waals surface area contributed by atoms with Gasteiger partial charge < -0.3 is 17.7 Å². The lowest BCUT2D eigenvalue weighted by Gasteiger charge is -2.45. The highest BCUT2D eigenvalue weighted by Crippen LogP contribution is 2.30. The largest absolute Gasteiger partial charge is 0.470 e. The van der Waals surface area contributed by atoms with Crippen LogP contribution in [0.4, 0.5) is 0 Å². The van der Waals surface area contributed by atoms with Gasteiger partial charge in [-0.25, -0.2) is 0 Å². The molecule has 0 spiro atoms. The first kappa shape index (κ1) is 31.1. The molecule has 3 aromatic rings. The van der Waals surface area contributed by atoms with E-state index in [9.17, 15) is 4.79 Å². The number of nitrogens with one attached hydrogen (secondary N) is 1. The second-order valence-corrected chi connectivity index (χ2v) is 26.3. The Morgan fingerprint density at radius 3 is 1.31 bits per heavy atom. The molecule has 0 aliphatic rings. The van der Waals surface area contributed by atoms with Crippen molar-refractivity contribution < 1.29 is 17.1 Å². The fourth-order valence-electron chi connectivity index (χ4n) is 4.67. The molecule has 3 rings (SSSR count). The lowest BCUT2D eigenvalue weighted by molar-refractivity contribution is -0.116. The Balaban J connectivity index is 2.08. The predicted molar refractivity (Wildman–Crippen MR) is 172 cm³/mol. The molecule has 1 amide bonds. The van der Waals surface area contributed by atoms with Crippen molar-refractivity contribution >= 4 is 55.2 Å². The molecule has 0 radical (unpaired) electrons. The molecule has 1 N–H and O–H groups in total. The number of carbonyl (C=O) groups is 1. The molecule has 39 heavy (non-hydrogen) atoms. The molecular weight excluding hydrogens is 551 g/mol. The van der Waals surface area contributed by atoms with Gasteiger partial charge in [-0.05, 0) is 67.3 Å². The van der Waals surface area contributed by atoms with Gasteiger partial charge >= 0.3 is 8.80 Å². The summed E-state index contributed by atoms with van der Waals surface area (Å²) in [5.41, 5.74) is 0. The quantitative estimate of drug-likeness (QED) is 0.162. The van der Waals surface area contributed by atoms with Crippen LogP contribution in [-0.2, 0) is 17.1 Å². The second-order valence-electron chi connectivity index (χ2n) is 11.2. The zero-order chi connectivity index (χ0) is 28.6. The Labute approximate surface area is 239 Å². The maximum atomic E-state index is 11.9. The van der Waals surface area contributed by atoms with Gasteiger partial charge in [0.2, 0.25) is 30.9 Å². The topological polar surface area (TPSA) is 56.8 Å². The molecule has 0 aromatic heterocycles. The van der Waals surface area contributed by atoms with Gasteiger partial charge in [0, 0.05) is 12.6 Å². The number of amides is 1. The van der Waals surface area contributed by atoms with Crippen LogP contribution in [0.1, 0.15) is 6.42 Å². The summed E-state index contributed by atoms with van der Waals surface area (Å²) in [4.78, 5) is 11.9. The van der Waals surface area contributed by atoms with Crippen molar-refractivity contribution in [3.63, 3.8) is 0 Å². The Bertz CT molecular complexity index is 1080. The number of benzene rings is 3. The standard InChI is InChI=1S/C30H43NO4Si4/c1-8-30(32)31-25-18-26-39(33-36(2,3)27-19-12-9-13-20-27,34-37(4,5)28-21-14-10-15-22-28)35-38(6,7)29-23-16-11-17-24-29/h8-17,19-24H,1,18,25-26H2,2-7H3,(H,31,32). The third-order valence-electron chi connectivity index (χ3n) is 6.78. The van der Waals surface area contributed by atoms with Crippen molar-refractivity contribution in [2.75, 3.05) is 6.54 Å². The number of carbonyl (C=O) groups excluding carboxylic acids is 1. The number of rotatable bonds is 14. The minimum absolute atomic E-state index is 0.179. The normalized spacial score (nSPS) is 12.7. The third kappa shape index (κ3) is 8.80. The second kappa shape index (κ2) is 13.3. The van der Waals surface area contributed by atoms with Crippen LogP contribution in [0, 0.1) is 0 Å². The summed E-state index contributed by atoms with van der Waals surface area (Å²) in [5, 5.41) is 6.52. The van der Waals surface area contributed by atoms with Crippen LogP contribution in [0.2, 0.25) is 45.3 Å². The molecule has 0 saturated carbocycles. The van der Waals surface area contributed by atoms with E-state index in [0.29, 0.717) is 19.0 Å². The van der Waals surface area contributed by atoms with Crippen molar-refractivity contribution in [1.29, 1.82) is 0 Å². The number of hydrogen-bond donors (Lipinski definition) is 1. The van der Waals surface area contributed by atoms with E-state index in [1.165, 1.54) is 21.6 Å². The highest BCUT2D eigenvalue weighted by atomic mass is 28.5. The van der Waals surface area contributed by atoms with Crippen LogP contribution in [0.25, 0.3) is 0 Å². The van der Waals surface area contributed by atoms with Crippen LogP contribution < -0.4 is 20.9 Å². The first-order valence-electron chi connectivity index (χ1n) is 13.6. The van der Waals surface area contributed by atoms with E-state index < -0.39 is 33.8 Å². The van der Waals surface area contributed by atoms with E-state index in [0.717, 1.165) is 0 Å². The molecule has 0 heterocycles. The molecular formula is C30H43NO4Si4. The molecule has 5 nitrogen and oxygen atoms in total. The Morgan fingerprint density at radius 1 is 0.667 bits per heavy atom. The van der Waals surface area contributed by atoms with Crippen LogP contribution >= 0.6 is 0 Å². The highest BCUT2D eigenvalue weighted by molar-refractivity contribution is 6.98.